The average Bonchev–Trinajstić information content (AvgIpc) is 2.90. The second kappa shape index (κ2) is 8.11. The molecule has 1 fully saturated rings. The normalized spacial score (nSPS) is 22.8. The van der Waals surface area contributed by atoms with E-state index in [2.05, 4.69) is 10.1 Å². The van der Waals surface area contributed by atoms with Gasteiger partial charge in [0.05, 0.1) is 24.5 Å². The second-order valence-electron chi connectivity index (χ2n) is 5.68. The van der Waals surface area contributed by atoms with Crippen molar-refractivity contribution < 1.29 is 45.8 Å². The number of hydrogen-bond acceptors (Lipinski definition) is 3. The van der Waals surface area contributed by atoms with Gasteiger partial charge in [0, 0.05) is 13.1 Å². The summed E-state index contributed by atoms with van der Waals surface area (Å²) in [5.41, 5.74) is 0. The van der Waals surface area contributed by atoms with E-state index in [9.17, 15) is 35.9 Å². The first-order chi connectivity index (χ1) is 11.3. The summed E-state index contributed by atoms with van der Waals surface area (Å²) < 4.78 is 79.0. The van der Waals surface area contributed by atoms with Crippen LogP contribution in [0, 0.1) is 11.8 Å². The molecule has 2 N–H and O–H groups in total. The van der Waals surface area contributed by atoms with Gasteiger partial charge in [-0.1, -0.05) is 6.92 Å². The number of rotatable bonds is 6. The van der Waals surface area contributed by atoms with Crippen molar-refractivity contribution in [2.24, 2.45) is 11.8 Å². The molecule has 1 saturated heterocycles. The fraction of sp³-hybridized carbons (Fsp3) is 0.846. The van der Waals surface area contributed by atoms with Gasteiger partial charge in [-0.3, -0.25) is 4.79 Å². The molecule has 1 aliphatic rings. The van der Waals surface area contributed by atoms with Gasteiger partial charge in [-0.2, -0.15) is 26.3 Å². The van der Waals surface area contributed by atoms with Crippen LogP contribution < -0.4 is 5.32 Å². The topological polar surface area (TPSA) is 78.9 Å². The molecule has 1 unspecified atom stereocenters. The SMILES string of the molecule is CCC(COCC(F)(F)F)NC(=O)N1C[C@@H](C(F)(F)F)[C@H](C(=O)O)C1. The molecule has 6 nitrogen and oxygen atoms in total. The van der Waals surface area contributed by atoms with Crippen molar-refractivity contribution in [2.45, 2.75) is 31.7 Å². The van der Waals surface area contributed by atoms with Crippen molar-refractivity contribution in [1.29, 1.82) is 0 Å². The summed E-state index contributed by atoms with van der Waals surface area (Å²) in [6.07, 6.45) is -9.13. The number of ether oxygens (including phenoxy) is 1. The first-order valence-corrected chi connectivity index (χ1v) is 7.34. The fourth-order valence-corrected chi connectivity index (χ4v) is 2.40. The van der Waals surface area contributed by atoms with Gasteiger partial charge >= 0.3 is 24.4 Å². The zero-order valence-corrected chi connectivity index (χ0v) is 13.2. The number of carboxylic acids is 1. The number of carbonyl (C=O) groups excluding carboxylic acids is 1. The smallest absolute Gasteiger partial charge is 0.411 e. The van der Waals surface area contributed by atoms with E-state index in [0.717, 1.165) is 0 Å². The quantitative estimate of drug-likeness (QED) is 0.693. The molecule has 0 saturated carbocycles. The predicted molar refractivity (Wildman–Crippen MR) is 71.7 cm³/mol. The van der Waals surface area contributed by atoms with Crippen molar-refractivity contribution in [2.75, 3.05) is 26.3 Å². The van der Waals surface area contributed by atoms with Gasteiger partial charge in [0.2, 0.25) is 0 Å². The van der Waals surface area contributed by atoms with Gasteiger partial charge < -0.3 is 20.1 Å². The first-order valence-electron chi connectivity index (χ1n) is 7.34. The molecule has 0 radical (unpaired) electrons. The van der Waals surface area contributed by atoms with Gasteiger partial charge in [0.1, 0.15) is 6.61 Å². The minimum Gasteiger partial charge on any atom is -0.481 e. The monoisotopic (exact) mass is 380 g/mol. The van der Waals surface area contributed by atoms with E-state index < -0.39 is 68.5 Å². The number of alkyl halides is 6. The highest BCUT2D eigenvalue weighted by Gasteiger charge is 2.53. The fourth-order valence-electron chi connectivity index (χ4n) is 2.40. The van der Waals surface area contributed by atoms with E-state index in [1.807, 2.05) is 0 Å². The average molecular weight is 380 g/mol. The molecule has 2 amide bonds. The molecule has 0 aromatic heterocycles. The maximum Gasteiger partial charge on any atom is 0.411 e. The molecule has 0 aromatic rings. The Labute approximate surface area is 139 Å². The molecule has 1 rings (SSSR count). The molecule has 12 heteroatoms. The number of amides is 2. The Balaban J connectivity index is 2.62. The standard InChI is InChI=1S/C13H18F6N2O4/c1-2-7(5-25-6-12(14,15)16)20-11(24)21-3-8(10(22)23)9(4-21)13(17,18)19/h7-9H,2-6H2,1H3,(H,20,24)(H,22,23)/t7?,8-,9-/m1/s1. The van der Waals surface area contributed by atoms with E-state index in [1.54, 1.807) is 6.92 Å². The first kappa shape index (κ1) is 21.3. The number of aliphatic carboxylic acids is 1. The Bertz CT molecular complexity index is 482. The van der Waals surface area contributed by atoms with Crippen molar-refractivity contribution in [1.82, 2.24) is 10.2 Å². The summed E-state index contributed by atoms with van der Waals surface area (Å²) in [5.74, 6) is -5.65. The second-order valence-corrected chi connectivity index (χ2v) is 5.68. The lowest BCUT2D eigenvalue weighted by Crippen LogP contribution is -2.46. The molecular formula is C13H18F6N2O4. The molecule has 0 aromatic carbocycles. The highest BCUT2D eigenvalue weighted by Crippen LogP contribution is 2.37. The summed E-state index contributed by atoms with van der Waals surface area (Å²) in [6.45, 7) is -1.90. The third-order valence-corrected chi connectivity index (χ3v) is 3.75. The summed E-state index contributed by atoms with van der Waals surface area (Å²) in [6, 6.07) is -1.82. The van der Waals surface area contributed by atoms with Crippen LogP contribution in [0.25, 0.3) is 0 Å². The van der Waals surface area contributed by atoms with Crippen molar-refractivity contribution in [3.05, 3.63) is 0 Å². The Kier molecular flexibility index (Phi) is 6.91. The zero-order chi connectivity index (χ0) is 19.4. The maximum absolute atomic E-state index is 12.9. The predicted octanol–water partition coefficient (Wildman–Crippen LogP) is 2.25. The van der Waals surface area contributed by atoms with Crippen LogP contribution in [0.2, 0.25) is 0 Å². The van der Waals surface area contributed by atoms with E-state index in [1.165, 1.54) is 0 Å². The molecule has 1 aliphatic heterocycles. The van der Waals surface area contributed by atoms with Crippen molar-refractivity contribution >= 4 is 12.0 Å². The molecule has 3 atom stereocenters. The molecule has 146 valence electrons. The minimum atomic E-state index is -4.78. The molecule has 0 bridgehead atoms. The third-order valence-electron chi connectivity index (χ3n) is 3.75. The number of urea groups is 1. The number of nitrogens with one attached hydrogen (secondary N) is 1. The van der Waals surface area contributed by atoms with Gasteiger partial charge in [-0.05, 0) is 6.42 Å². The van der Waals surface area contributed by atoms with Crippen LogP contribution in [0.15, 0.2) is 0 Å². The van der Waals surface area contributed by atoms with Crippen LogP contribution in [0.4, 0.5) is 31.1 Å². The molecule has 25 heavy (non-hydrogen) atoms. The summed E-state index contributed by atoms with van der Waals surface area (Å²) in [5, 5.41) is 11.1. The van der Waals surface area contributed by atoms with Crippen LogP contribution in [-0.4, -0.2) is 66.7 Å². The van der Waals surface area contributed by atoms with E-state index >= 15 is 0 Å². The van der Waals surface area contributed by atoms with Gasteiger partial charge in [-0.15, -0.1) is 0 Å². The Morgan fingerprint density at radius 3 is 2.24 bits per heavy atom. The molecule has 0 aliphatic carbocycles. The van der Waals surface area contributed by atoms with Crippen LogP contribution in [-0.2, 0) is 9.53 Å². The Morgan fingerprint density at radius 2 is 1.84 bits per heavy atom. The third kappa shape index (κ3) is 6.59. The number of carbonyl (C=O) groups is 2. The van der Waals surface area contributed by atoms with Crippen LogP contribution >= 0.6 is 0 Å². The number of likely N-dealkylation sites (tertiary alicyclic amines) is 1. The van der Waals surface area contributed by atoms with E-state index in [0.29, 0.717) is 4.90 Å². The van der Waals surface area contributed by atoms with E-state index in [-0.39, 0.29) is 6.42 Å². The lowest BCUT2D eigenvalue weighted by Gasteiger charge is -2.23. The van der Waals surface area contributed by atoms with Gasteiger partial charge in [0.25, 0.3) is 0 Å². The lowest BCUT2D eigenvalue weighted by atomic mass is 9.96. The number of nitrogens with zero attached hydrogens (tertiary/aromatic N) is 1. The largest absolute Gasteiger partial charge is 0.481 e. The highest BCUT2D eigenvalue weighted by molar-refractivity contribution is 5.78. The number of halogens is 6. The summed E-state index contributed by atoms with van der Waals surface area (Å²) in [7, 11) is 0. The highest BCUT2D eigenvalue weighted by atomic mass is 19.4. The van der Waals surface area contributed by atoms with E-state index in [4.69, 9.17) is 5.11 Å². The van der Waals surface area contributed by atoms with Crippen LogP contribution in [0.1, 0.15) is 13.3 Å². The molecule has 1 heterocycles. The molecular weight excluding hydrogens is 362 g/mol. The van der Waals surface area contributed by atoms with Gasteiger partial charge in [0.15, 0.2) is 0 Å². The maximum atomic E-state index is 12.9. The van der Waals surface area contributed by atoms with Crippen molar-refractivity contribution in [3.63, 3.8) is 0 Å². The lowest BCUT2D eigenvalue weighted by molar-refractivity contribution is -0.187. The van der Waals surface area contributed by atoms with Crippen LogP contribution in [0.5, 0.6) is 0 Å². The minimum absolute atomic E-state index is 0.183. The summed E-state index contributed by atoms with van der Waals surface area (Å²) >= 11 is 0. The van der Waals surface area contributed by atoms with Crippen LogP contribution in [0.3, 0.4) is 0 Å². The van der Waals surface area contributed by atoms with Gasteiger partial charge in [-0.25, -0.2) is 4.79 Å². The molecule has 0 spiro atoms. The Hall–Kier alpha value is -1.72. The zero-order valence-electron chi connectivity index (χ0n) is 13.2. The number of hydrogen-bond donors (Lipinski definition) is 2. The van der Waals surface area contributed by atoms with Crippen molar-refractivity contribution in [3.8, 4) is 0 Å². The number of carboxylic acid groups (broad SMARTS) is 1. The Morgan fingerprint density at radius 1 is 1.24 bits per heavy atom. The summed E-state index contributed by atoms with van der Waals surface area (Å²) in [4.78, 5) is 23.6.